The van der Waals surface area contributed by atoms with E-state index in [9.17, 15) is 4.79 Å². The molecule has 1 fully saturated rings. The van der Waals surface area contributed by atoms with Crippen LogP contribution in [0.5, 0.6) is 0 Å². The minimum absolute atomic E-state index is 0.161. The predicted molar refractivity (Wildman–Crippen MR) is 92.4 cm³/mol. The third kappa shape index (κ3) is 4.70. The Morgan fingerprint density at radius 2 is 1.92 bits per heavy atom. The number of benzene rings is 1. The second-order valence-electron chi connectivity index (χ2n) is 6.37. The molecule has 3 rings (SSSR count). The Kier molecular flexibility index (Phi) is 5.68. The van der Waals surface area contributed by atoms with E-state index in [4.69, 9.17) is 9.84 Å². The van der Waals surface area contributed by atoms with E-state index >= 15 is 0 Å². The first-order valence-electron chi connectivity index (χ1n) is 8.52. The quantitative estimate of drug-likeness (QED) is 0.685. The van der Waals surface area contributed by atoms with Crippen LogP contribution >= 0.6 is 0 Å². The summed E-state index contributed by atoms with van der Waals surface area (Å²) in [5, 5.41) is 8.98. The van der Waals surface area contributed by atoms with E-state index in [0.717, 1.165) is 44.8 Å². The van der Waals surface area contributed by atoms with Crippen molar-refractivity contribution in [3.63, 3.8) is 0 Å². The zero-order valence-corrected chi connectivity index (χ0v) is 13.8. The summed E-state index contributed by atoms with van der Waals surface area (Å²) in [7, 11) is 0. The average molecular weight is 325 g/mol. The summed E-state index contributed by atoms with van der Waals surface area (Å²) in [5.74, 6) is 5.52. The van der Waals surface area contributed by atoms with Gasteiger partial charge in [0, 0.05) is 31.1 Å². The minimum atomic E-state index is -0.742. The van der Waals surface area contributed by atoms with Gasteiger partial charge in [-0.25, -0.2) is 0 Å². The number of morpholine rings is 1. The van der Waals surface area contributed by atoms with Crippen molar-refractivity contribution in [3.8, 4) is 11.8 Å². The maximum absolute atomic E-state index is 10.9. The Hall–Kier alpha value is -2.09. The molecule has 4 nitrogen and oxygen atoms in total. The number of carboxylic acid groups (broad SMARTS) is 1. The molecule has 2 atom stereocenters. The lowest BCUT2D eigenvalue weighted by Gasteiger charge is -2.26. The van der Waals surface area contributed by atoms with Gasteiger partial charge in [0.2, 0.25) is 0 Å². The molecule has 0 saturated carbocycles. The summed E-state index contributed by atoms with van der Waals surface area (Å²) in [6, 6.07) is 8.40. The first-order valence-corrected chi connectivity index (χ1v) is 8.52. The Morgan fingerprint density at radius 3 is 2.54 bits per heavy atom. The van der Waals surface area contributed by atoms with Crippen LogP contribution in [-0.2, 0) is 16.1 Å². The van der Waals surface area contributed by atoms with Crippen LogP contribution in [0.1, 0.15) is 24.0 Å². The molecule has 1 aromatic carbocycles. The highest BCUT2D eigenvalue weighted by molar-refractivity contribution is 5.72. The molecule has 2 unspecified atom stereocenters. The number of nitrogens with zero attached hydrogens (tertiary/aromatic N) is 1. The van der Waals surface area contributed by atoms with Gasteiger partial charge in [-0.3, -0.25) is 9.69 Å². The zero-order chi connectivity index (χ0) is 16.8. The second-order valence-corrected chi connectivity index (χ2v) is 6.37. The van der Waals surface area contributed by atoms with Crippen molar-refractivity contribution in [2.45, 2.75) is 19.4 Å². The summed E-state index contributed by atoms with van der Waals surface area (Å²) in [4.78, 5) is 13.3. The molecule has 1 aliphatic heterocycles. The molecular weight excluding hydrogens is 302 g/mol. The fourth-order valence-corrected chi connectivity index (χ4v) is 3.03. The summed E-state index contributed by atoms with van der Waals surface area (Å²) in [6.45, 7) is 4.58. The number of allylic oxidation sites excluding steroid dienone is 1. The fourth-order valence-electron chi connectivity index (χ4n) is 3.03. The molecule has 1 aromatic rings. The van der Waals surface area contributed by atoms with Crippen LogP contribution in [0.25, 0.3) is 0 Å². The van der Waals surface area contributed by atoms with Crippen LogP contribution < -0.4 is 0 Å². The van der Waals surface area contributed by atoms with Crippen LogP contribution in [0.4, 0.5) is 0 Å². The molecule has 24 heavy (non-hydrogen) atoms. The molecule has 1 saturated heterocycles. The largest absolute Gasteiger partial charge is 0.481 e. The Bertz CT molecular complexity index is 648. The number of carboxylic acids is 1. The van der Waals surface area contributed by atoms with Gasteiger partial charge in [-0.2, -0.15) is 0 Å². The van der Waals surface area contributed by atoms with Crippen molar-refractivity contribution >= 4 is 5.97 Å². The van der Waals surface area contributed by atoms with Crippen LogP contribution in [0.15, 0.2) is 36.4 Å². The first kappa shape index (κ1) is 16.8. The molecule has 0 amide bonds. The van der Waals surface area contributed by atoms with Gasteiger partial charge in [0.1, 0.15) is 0 Å². The molecule has 0 bridgehead atoms. The van der Waals surface area contributed by atoms with Gasteiger partial charge >= 0.3 is 5.97 Å². The lowest BCUT2D eigenvalue weighted by Crippen LogP contribution is -2.35. The van der Waals surface area contributed by atoms with Crippen molar-refractivity contribution in [3.05, 3.63) is 47.5 Å². The highest BCUT2D eigenvalue weighted by Gasteiger charge is 2.19. The Balaban J connectivity index is 1.55. The first-order chi connectivity index (χ1) is 11.7. The monoisotopic (exact) mass is 325 g/mol. The predicted octanol–water partition coefficient (Wildman–Crippen LogP) is 2.54. The maximum atomic E-state index is 10.9. The highest BCUT2D eigenvalue weighted by Crippen LogP contribution is 2.22. The van der Waals surface area contributed by atoms with Crippen LogP contribution in [0.2, 0.25) is 0 Å². The topological polar surface area (TPSA) is 49.8 Å². The van der Waals surface area contributed by atoms with E-state index in [1.165, 1.54) is 5.56 Å². The van der Waals surface area contributed by atoms with Gasteiger partial charge < -0.3 is 9.84 Å². The summed E-state index contributed by atoms with van der Waals surface area (Å²) in [6.07, 6.45) is 5.19. The van der Waals surface area contributed by atoms with Crippen molar-refractivity contribution in [1.29, 1.82) is 0 Å². The van der Waals surface area contributed by atoms with Crippen LogP contribution in [-0.4, -0.2) is 42.3 Å². The second kappa shape index (κ2) is 8.14. The molecule has 0 radical (unpaired) electrons. The van der Waals surface area contributed by atoms with Crippen molar-refractivity contribution in [2.75, 3.05) is 26.3 Å². The molecule has 0 aromatic heterocycles. The van der Waals surface area contributed by atoms with Crippen molar-refractivity contribution in [2.24, 2.45) is 11.8 Å². The van der Waals surface area contributed by atoms with Gasteiger partial charge in [-0.05, 0) is 30.5 Å². The SMILES string of the molecule is O=C(O)C1C=CC(C#Cc2ccc(CN3CCOCC3)cc2)CC1. The smallest absolute Gasteiger partial charge is 0.310 e. The third-order valence-electron chi connectivity index (χ3n) is 4.55. The zero-order valence-electron chi connectivity index (χ0n) is 13.8. The van der Waals surface area contributed by atoms with Crippen molar-refractivity contribution in [1.82, 2.24) is 4.90 Å². The van der Waals surface area contributed by atoms with E-state index in [1.54, 1.807) is 6.08 Å². The van der Waals surface area contributed by atoms with Gasteiger partial charge in [0.05, 0.1) is 19.1 Å². The molecule has 2 aliphatic rings. The number of aliphatic carboxylic acids is 1. The standard InChI is InChI=1S/C20H23NO3/c22-20(23)19-9-7-17(8-10-19)2-1-16-3-5-18(6-4-16)15-21-11-13-24-14-12-21/h3-7,9,17,19H,8,10-15H2,(H,22,23). The van der Waals surface area contributed by atoms with Gasteiger partial charge in [0.15, 0.2) is 0 Å². The van der Waals surface area contributed by atoms with Gasteiger partial charge in [-0.1, -0.05) is 36.1 Å². The summed E-state index contributed by atoms with van der Waals surface area (Å²) in [5.41, 5.74) is 2.30. The Morgan fingerprint density at radius 1 is 1.17 bits per heavy atom. The van der Waals surface area contributed by atoms with Gasteiger partial charge in [0.25, 0.3) is 0 Å². The number of carbonyl (C=O) groups is 1. The van der Waals surface area contributed by atoms with E-state index in [-0.39, 0.29) is 11.8 Å². The molecule has 1 heterocycles. The number of hydrogen-bond acceptors (Lipinski definition) is 3. The van der Waals surface area contributed by atoms with Gasteiger partial charge in [-0.15, -0.1) is 0 Å². The highest BCUT2D eigenvalue weighted by atomic mass is 16.5. The van der Waals surface area contributed by atoms with E-state index in [1.807, 2.05) is 6.08 Å². The lowest BCUT2D eigenvalue weighted by molar-refractivity contribution is -0.140. The minimum Gasteiger partial charge on any atom is -0.481 e. The summed E-state index contributed by atoms with van der Waals surface area (Å²) >= 11 is 0. The normalized spacial score (nSPS) is 24.2. The van der Waals surface area contributed by atoms with Crippen LogP contribution in [0.3, 0.4) is 0 Å². The maximum Gasteiger partial charge on any atom is 0.310 e. The average Bonchev–Trinajstić information content (AvgIpc) is 2.62. The molecule has 4 heteroatoms. The fraction of sp³-hybridized carbons (Fsp3) is 0.450. The molecular formula is C20H23NO3. The summed E-state index contributed by atoms with van der Waals surface area (Å²) < 4.78 is 5.37. The van der Waals surface area contributed by atoms with E-state index < -0.39 is 5.97 Å². The molecule has 0 spiro atoms. The molecule has 126 valence electrons. The van der Waals surface area contributed by atoms with E-state index in [0.29, 0.717) is 6.42 Å². The number of hydrogen-bond donors (Lipinski definition) is 1. The molecule has 1 aliphatic carbocycles. The lowest BCUT2D eigenvalue weighted by atomic mass is 9.89. The number of ether oxygens (including phenoxy) is 1. The Labute approximate surface area is 143 Å². The third-order valence-corrected chi connectivity index (χ3v) is 4.55. The van der Waals surface area contributed by atoms with Crippen molar-refractivity contribution < 1.29 is 14.6 Å². The van der Waals surface area contributed by atoms with E-state index in [2.05, 4.69) is 41.0 Å². The van der Waals surface area contributed by atoms with Crippen LogP contribution in [0, 0.1) is 23.7 Å². The number of rotatable bonds is 3. The molecule has 1 N–H and O–H groups in total.